The number of hydrogen-bond acceptors (Lipinski definition) is 1. The third-order valence-corrected chi connectivity index (χ3v) is 3.72. The second kappa shape index (κ2) is 2.20. The van der Waals surface area contributed by atoms with Crippen molar-refractivity contribution in [3.8, 4) is 0 Å². The Morgan fingerprint density at radius 2 is 1.62 bits per heavy atom. The van der Waals surface area contributed by atoms with Gasteiger partial charge in [0.05, 0.1) is 0 Å². The Balaban J connectivity index is 2.45. The summed E-state index contributed by atoms with van der Waals surface area (Å²) in [6.07, 6.45) is 4.95. The van der Waals surface area contributed by atoms with Gasteiger partial charge in [0.1, 0.15) is 7.29 Å². The van der Waals surface area contributed by atoms with Crippen molar-refractivity contribution in [2.24, 2.45) is 5.50 Å². The van der Waals surface area contributed by atoms with Crippen molar-refractivity contribution in [3.63, 3.8) is 0 Å². The van der Waals surface area contributed by atoms with Gasteiger partial charge in [0.25, 0.3) is 0 Å². The molecule has 0 saturated carbocycles. The van der Waals surface area contributed by atoms with Gasteiger partial charge in [0.15, 0.2) is 0 Å². The normalized spacial score (nSPS) is 27.6. The molecule has 1 rings (SSSR count). The summed E-state index contributed by atoms with van der Waals surface area (Å²) < 4.78 is 11.0. The van der Waals surface area contributed by atoms with Crippen LogP contribution < -0.4 is 5.50 Å². The fourth-order valence-corrected chi connectivity index (χ4v) is 2.79. The molecule has 0 atom stereocenters. The van der Waals surface area contributed by atoms with Crippen LogP contribution in [-0.4, -0.2) is 12.3 Å². The summed E-state index contributed by atoms with van der Waals surface area (Å²) in [5.74, 6) is 0. The molecule has 0 amide bonds. The van der Waals surface area contributed by atoms with Crippen LogP contribution in [0.1, 0.15) is 19.3 Å². The minimum atomic E-state index is -2.09. The van der Waals surface area contributed by atoms with Crippen LogP contribution in [0.4, 0.5) is 0 Å². The smallest absolute Gasteiger partial charge is 0.145 e. The van der Waals surface area contributed by atoms with Crippen molar-refractivity contribution in [2.75, 3.05) is 12.3 Å². The highest BCUT2D eigenvalue weighted by atomic mass is 31.2. The van der Waals surface area contributed by atoms with Gasteiger partial charge in [-0.2, -0.15) is 0 Å². The van der Waals surface area contributed by atoms with Crippen molar-refractivity contribution in [1.29, 1.82) is 0 Å². The summed E-state index contributed by atoms with van der Waals surface area (Å²) in [6, 6.07) is 0. The van der Waals surface area contributed by atoms with Crippen LogP contribution in [0.5, 0.6) is 0 Å². The van der Waals surface area contributed by atoms with Gasteiger partial charge < -0.3 is 4.57 Å². The van der Waals surface area contributed by atoms with E-state index in [9.17, 15) is 4.57 Å². The molecule has 1 heterocycles. The molecule has 0 unspecified atom stereocenters. The number of hydrogen-bond donors (Lipinski definition) is 1. The lowest BCUT2D eigenvalue weighted by molar-refractivity contribution is 0.561. The van der Waals surface area contributed by atoms with Crippen molar-refractivity contribution >= 4 is 7.29 Å². The minimum Gasteiger partial charge on any atom is -0.307 e. The SMILES string of the molecule is NP1(=O)CCCCC1. The third-order valence-electron chi connectivity index (χ3n) is 1.57. The molecule has 1 aliphatic rings. The monoisotopic (exact) mass is 133 g/mol. The Morgan fingerprint density at radius 1 is 1.12 bits per heavy atom. The molecule has 0 aliphatic carbocycles. The topological polar surface area (TPSA) is 43.1 Å². The molecular formula is C5H12NOP. The van der Waals surface area contributed by atoms with E-state index >= 15 is 0 Å². The van der Waals surface area contributed by atoms with E-state index in [0.717, 1.165) is 25.2 Å². The molecule has 48 valence electrons. The maximum atomic E-state index is 11.0. The highest BCUT2D eigenvalue weighted by molar-refractivity contribution is 7.61. The standard InChI is InChI=1S/C5H12NOP/c6-8(7)4-2-1-3-5-8/h1-5H2,(H2,6,7). The molecule has 0 spiro atoms. The summed E-state index contributed by atoms with van der Waals surface area (Å²) in [5.41, 5.74) is 5.43. The van der Waals surface area contributed by atoms with Gasteiger partial charge >= 0.3 is 0 Å². The van der Waals surface area contributed by atoms with E-state index < -0.39 is 7.29 Å². The van der Waals surface area contributed by atoms with Gasteiger partial charge in [-0.3, -0.25) is 5.50 Å². The Kier molecular flexibility index (Phi) is 1.74. The van der Waals surface area contributed by atoms with Crippen molar-refractivity contribution in [2.45, 2.75) is 19.3 Å². The lowest BCUT2D eigenvalue weighted by atomic mass is 10.3. The first-order valence-electron chi connectivity index (χ1n) is 3.07. The molecule has 0 aromatic rings. The maximum Gasteiger partial charge on any atom is 0.145 e. The van der Waals surface area contributed by atoms with E-state index in [2.05, 4.69) is 0 Å². The van der Waals surface area contributed by atoms with Crippen LogP contribution in [0.15, 0.2) is 0 Å². The van der Waals surface area contributed by atoms with E-state index in [-0.39, 0.29) is 0 Å². The number of nitrogens with two attached hydrogens (primary N) is 1. The van der Waals surface area contributed by atoms with E-state index in [0.29, 0.717) is 0 Å². The quantitative estimate of drug-likeness (QED) is 0.507. The molecule has 0 radical (unpaired) electrons. The lowest BCUT2D eigenvalue weighted by Gasteiger charge is -2.16. The van der Waals surface area contributed by atoms with Crippen LogP contribution in [0, 0.1) is 0 Å². The average molecular weight is 133 g/mol. The van der Waals surface area contributed by atoms with E-state index in [1.165, 1.54) is 6.42 Å². The second-order valence-corrected chi connectivity index (χ2v) is 5.26. The molecule has 2 N–H and O–H groups in total. The summed E-state index contributed by atoms with van der Waals surface area (Å²) in [4.78, 5) is 0. The van der Waals surface area contributed by atoms with Crippen LogP contribution in [-0.2, 0) is 4.57 Å². The van der Waals surface area contributed by atoms with Gasteiger partial charge in [0, 0.05) is 12.3 Å². The lowest BCUT2D eigenvalue weighted by Crippen LogP contribution is -2.09. The number of rotatable bonds is 0. The summed E-state index contributed by atoms with van der Waals surface area (Å²) in [7, 11) is -2.09. The predicted octanol–water partition coefficient (Wildman–Crippen LogP) is 1.41. The molecule has 1 aliphatic heterocycles. The minimum absolute atomic E-state index is 0.785. The molecule has 8 heavy (non-hydrogen) atoms. The Hall–Kier alpha value is 0.190. The largest absolute Gasteiger partial charge is 0.307 e. The molecular weight excluding hydrogens is 121 g/mol. The molecule has 0 aromatic carbocycles. The molecule has 1 fully saturated rings. The van der Waals surface area contributed by atoms with Gasteiger partial charge in [-0.25, -0.2) is 0 Å². The first-order chi connectivity index (χ1) is 3.71. The maximum absolute atomic E-state index is 11.0. The van der Waals surface area contributed by atoms with Gasteiger partial charge in [-0.15, -0.1) is 0 Å². The fraction of sp³-hybridized carbons (Fsp3) is 1.00. The van der Waals surface area contributed by atoms with Crippen molar-refractivity contribution in [3.05, 3.63) is 0 Å². The molecule has 3 heteroatoms. The zero-order valence-corrected chi connectivity index (χ0v) is 5.86. The van der Waals surface area contributed by atoms with Crippen LogP contribution in [0.25, 0.3) is 0 Å². The molecule has 0 bridgehead atoms. The first-order valence-corrected chi connectivity index (χ1v) is 5.22. The van der Waals surface area contributed by atoms with Gasteiger partial charge in [-0.1, -0.05) is 6.42 Å². The Bertz CT molecular complexity index is 114. The van der Waals surface area contributed by atoms with Crippen LogP contribution in [0.3, 0.4) is 0 Å². The van der Waals surface area contributed by atoms with Crippen molar-refractivity contribution in [1.82, 2.24) is 0 Å². The highest BCUT2D eigenvalue weighted by Crippen LogP contribution is 2.41. The zero-order chi connectivity index (χ0) is 6.04. The summed E-state index contributed by atoms with van der Waals surface area (Å²) >= 11 is 0. The second-order valence-electron chi connectivity index (χ2n) is 2.46. The van der Waals surface area contributed by atoms with Crippen molar-refractivity contribution < 1.29 is 4.57 Å². The molecule has 2 nitrogen and oxygen atoms in total. The Morgan fingerprint density at radius 3 is 1.88 bits per heavy atom. The average Bonchev–Trinajstić information content (AvgIpc) is 1.65. The molecule has 1 saturated heterocycles. The van der Waals surface area contributed by atoms with Gasteiger partial charge in [0.2, 0.25) is 0 Å². The highest BCUT2D eigenvalue weighted by Gasteiger charge is 2.18. The summed E-state index contributed by atoms with van der Waals surface area (Å²) in [6.45, 7) is 0. The van der Waals surface area contributed by atoms with E-state index in [1.807, 2.05) is 0 Å². The summed E-state index contributed by atoms with van der Waals surface area (Å²) in [5, 5.41) is 0. The van der Waals surface area contributed by atoms with E-state index in [4.69, 9.17) is 5.50 Å². The van der Waals surface area contributed by atoms with Crippen LogP contribution in [0.2, 0.25) is 0 Å². The van der Waals surface area contributed by atoms with Gasteiger partial charge in [-0.05, 0) is 12.8 Å². The van der Waals surface area contributed by atoms with E-state index in [1.54, 1.807) is 0 Å². The fourth-order valence-electron chi connectivity index (χ4n) is 1.05. The Labute approximate surface area is 49.9 Å². The third kappa shape index (κ3) is 1.61. The predicted molar refractivity (Wildman–Crippen MR) is 35.4 cm³/mol. The zero-order valence-electron chi connectivity index (χ0n) is 4.97. The van der Waals surface area contributed by atoms with Crippen LogP contribution >= 0.6 is 7.29 Å². The first kappa shape index (κ1) is 6.31. The molecule has 0 aromatic heterocycles.